The van der Waals surface area contributed by atoms with Gasteiger partial charge in [0.15, 0.2) is 0 Å². The van der Waals surface area contributed by atoms with Crippen LogP contribution >= 0.6 is 0 Å². The number of carbonyl (C=O) groups excluding carboxylic acids is 1. The lowest BCUT2D eigenvalue weighted by Crippen LogP contribution is -2.25. The largest absolute Gasteiger partial charge is 0.453 e. The van der Waals surface area contributed by atoms with E-state index in [-0.39, 0.29) is 10.8 Å². The van der Waals surface area contributed by atoms with Gasteiger partial charge >= 0.3 is 6.09 Å². The molecule has 0 heterocycles. The third-order valence-electron chi connectivity index (χ3n) is 5.40. The number of amides is 1. The van der Waals surface area contributed by atoms with E-state index >= 15 is 0 Å². The number of methoxy groups -OCH3 is 1. The monoisotopic (exact) mass is 397 g/mol. The van der Waals surface area contributed by atoms with E-state index in [2.05, 4.69) is 81.3 Å². The van der Waals surface area contributed by atoms with Gasteiger partial charge in [-0.15, -0.1) is 0 Å². The van der Waals surface area contributed by atoms with Crippen LogP contribution in [0, 0.1) is 0 Å². The van der Waals surface area contributed by atoms with Crippen molar-refractivity contribution in [3.63, 3.8) is 0 Å². The highest BCUT2D eigenvalue weighted by atomic mass is 16.5. The molecule has 29 heavy (non-hydrogen) atoms. The van der Waals surface area contributed by atoms with Gasteiger partial charge in [-0.05, 0) is 64.1 Å². The van der Waals surface area contributed by atoms with Gasteiger partial charge in [0.25, 0.3) is 0 Å². The molecule has 5 nitrogen and oxygen atoms in total. The summed E-state index contributed by atoms with van der Waals surface area (Å²) < 4.78 is 4.65. The van der Waals surface area contributed by atoms with E-state index in [1.165, 1.54) is 29.4 Å². The highest BCUT2D eigenvalue weighted by molar-refractivity contribution is 5.84. The third kappa shape index (κ3) is 5.51. The van der Waals surface area contributed by atoms with Crippen molar-refractivity contribution < 1.29 is 9.53 Å². The summed E-state index contributed by atoms with van der Waals surface area (Å²) in [5.41, 5.74) is 9.60. The SMILES string of the molecule is CCc1cc(CC(C)(C)c2ccc(NC(=O)OC)cc2)c(C(C)(C)C)cc1NN. The van der Waals surface area contributed by atoms with Crippen molar-refractivity contribution in [2.45, 2.75) is 65.2 Å². The third-order valence-corrected chi connectivity index (χ3v) is 5.40. The van der Waals surface area contributed by atoms with E-state index in [1.54, 1.807) is 0 Å². The van der Waals surface area contributed by atoms with Crippen molar-refractivity contribution in [3.8, 4) is 0 Å². The first-order valence-corrected chi connectivity index (χ1v) is 10.1. The average molecular weight is 398 g/mol. The van der Waals surface area contributed by atoms with Crippen LogP contribution in [0.1, 0.15) is 63.8 Å². The molecule has 0 atom stereocenters. The number of nitrogens with two attached hydrogens (primary N) is 1. The zero-order valence-electron chi connectivity index (χ0n) is 18.8. The van der Waals surface area contributed by atoms with Crippen LogP contribution in [0.2, 0.25) is 0 Å². The lowest BCUT2D eigenvalue weighted by atomic mass is 9.74. The normalized spacial score (nSPS) is 11.9. The lowest BCUT2D eigenvalue weighted by molar-refractivity contribution is 0.187. The van der Waals surface area contributed by atoms with Gasteiger partial charge in [-0.2, -0.15) is 0 Å². The summed E-state index contributed by atoms with van der Waals surface area (Å²) in [4.78, 5) is 11.4. The minimum absolute atomic E-state index is 0.0115. The maximum Gasteiger partial charge on any atom is 0.411 e. The molecule has 0 aliphatic rings. The van der Waals surface area contributed by atoms with Gasteiger partial charge < -0.3 is 10.2 Å². The van der Waals surface area contributed by atoms with Crippen LogP contribution in [0.15, 0.2) is 36.4 Å². The predicted octanol–water partition coefficient (Wildman–Crippen LogP) is 5.53. The minimum atomic E-state index is -0.465. The summed E-state index contributed by atoms with van der Waals surface area (Å²) in [5, 5.41) is 2.70. The molecule has 0 saturated heterocycles. The van der Waals surface area contributed by atoms with E-state index < -0.39 is 6.09 Å². The van der Waals surface area contributed by atoms with E-state index in [1.807, 2.05) is 12.1 Å². The van der Waals surface area contributed by atoms with Crippen molar-refractivity contribution >= 4 is 17.5 Å². The van der Waals surface area contributed by atoms with Crippen molar-refractivity contribution in [2.75, 3.05) is 17.9 Å². The Labute approximate surface area is 175 Å². The molecule has 0 unspecified atom stereocenters. The van der Waals surface area contributed by atoms with E-state index in [0.29, 0.717) is 0 Å². The minimum Gasteiger partial charge on any atom is -0.453 e. The van der Waals surface area contributed by atoms with E-state index in [4.69, 9.17) is 5.84 Å². The maximum atomic E-state index is 11.4. The van der Waals surface area contributed by atoms with Crippen LogP contribution in [0.25, 0.3) is 0 Å². The number of carbonyl (C=O) groups is 1. The maximum absolute atomic E-state index is 11.4. The Morgan fingerprint density at radius 2 is 1.66 bits per heavy atom. The standard InChI is InChI=1S/C24H35N3O2/c1-8-16-13-17(20(23(2,3)4)14-21(16)27-25)15-24(5,6)18-9-11-19(12-10-18)26-22(28)29-7/h9-14,27H,8,15,25H2,1-7H3,(H,26,28). The number of aryl methyl sites for hydroxylation is 1. The molecule has 0 fully saturated rings. The Balaban J connectivity index is 2.39. The van der Waals surface area contributed by atoms with Crippen molar-refractivity contribution in [2.24, 2.45) is 5.84 Å². The predicted molar refractivity (Wildman–Crippen MR) is 122 cm³/mol. The first kappa shape index (κ1) is 22.8. The number of hydrogen-bond donors (Lipinski definition) is 3. The van der Waals surface area contributed by atoms with Gasteiger partial charge in [0.05, 0.1) is 12.8 Å². The summed E-state index contributed by atoms with van der Waals surface area (Å²) in [6, 6.07) is 12.5. The molecular formula is C24H35N3O2. The lowest BCUT2D eigenvalue weighted by Gasteiger charge is -2.31. The Morgan fingerprint density at radius 1 is 1.03 bits per heavy atom. The molecule has 4 N–H and O–H groups in total. The van der Waals surface area contributed by atoms with Crippen LogP contribution in [0.5, 0.6) is 0 Å². The average Bonchev–Trinajstić information content (AvgIpc) is 2.66. The van der Waals surface area contributed by atoms with Gasteiger partial charge in [-0.3, -0.25) is 11.2 Å². The number of anilines is 2. The topological polar surface area (TPSA) is 76.4 Å². The van der Waals surface area contributed by atoms with Gasteiger partial charge in [-0.25, -0.2) is 4.79 Å². The second-order valence-electron chi connectivity index (χ2n) is 9.17. The molecule has 0 aliphatic heterocycles. The molecule has 0 spiro atoms. The van der Waals surface area contributed by atoms with Crippen LogP contribution in [0.4, 0.5) is 16.2 Å². The molecule has 2 rings (SSSR count). The van der Waals surface area contributed by atoms with Crippen molar-refractivity contribution in [3.05, 3.63) is 58.7 Å². The fraction of sp³-hybridized carbons (Fsp3) is 0.458. The first-order chi connectivity index (χ1) is 13.5. The zero-order valence-corrected chi connectivity index (χ0v) is 18.8. The second kappa shape index (κ2) is 8.87. The quantitative estimate of drug-likeness (QED) is 0.442. The molecular weight excluding hydrogens is 362 g/mol. The number of rotatable bonds is 6. The summed E-state index contributed by atoms with van der Waals surface area (Å²) >= 11 is 0. The summed E-state index contributed by atoms with van der Waals surface area (Å²) in [5.74, 6) is 5.78. The van der Waals surface area contributed by atoms with E-state index in [0.717, 1.165) is 24.2 Å². The number of benzene rings is 2. The Kier molecular flexibility index (Phi) is 6.96. The molecule has 0 aliphatic carbocycles. The number of nitrogen functional groups attached to an aromatic ring is 1. The van der Waals surface area contributed by atoms with Crippen molar-refractivity contribution in [1.29, 1.82) is 0 Å². The molecule has 0 bridgehead atoms. The summed E-state index contributed by atoms with van der Waals surface area (Å²) in [7, 11) is 1.36. The Morgan fingerprint density at radius 3 is 2.14 bits per heavy atom. The van der Waals surface area contributed by atoms with Gasteiger partial charge in [-0.1, -0.05) is 59.7 Å². The Hall–Kier alpha value is -2.53. The molecule has 0 aromatic heterocycles. The number of nitrogens with one attached hydrogen (secondary N) is 2. The Bertz CT molecular complexity index is 850. The summed E-state index contributed by atoms with van der Waals surface area (Å²) in [6.45, 7) is 13.4. The molecule has 0 radical (unpaired) electrons. The van der Waals surface area contributed by atoms with Gasteiger partial charge in [0.2, 0.25) is 0 Å². The number of hydrogen-bond acceptors (Lipinski definition) is 4. The highest BCUT2D eigenvalue weighted by Gasteiger charge is 2.27. The highest BCUT2D eigenvalue weighted by Crippen LogP contribution is 2.36. The first-order valence-electron chi connectivity index (χ1n) is 10.1. The molecule has 0 saturated carbocycles. The molecule has 158 valence electrons. The number of ether oxygens (including phenoxy) is 1. The fourth-order valence-electron chi connectivity index (χ4n) is 3.72. The smallest absolute Gasteiger partial charge is 0.411 e. The second-order valence-corrected chi connectivity index (χ2v) is 9.17. The fourth-order valence-corrected chi connectivity index (χ4v) is 3.72. The number of hydrazine groups is 1. The van der Waals surface area contributed by atoms with Crippen molar-refractivity contribution in [1.82, 2.24) is 0 Å². The summed E-state index contributed by atoms with van der Waals surface area (Å²) in [6.07, 6.45) is 1.36. The van der Waals surface area contributed by atoms with Gasteiger partial charge in [0.1, 0.15) is 0 Å². The zero-order chi connectivity index (χ0) is 21.8. The molecule has 5 heteroatoms. The molecule has 2 aromatic rings. The van der Waals surface area contributed by atoms with Crippen LogP contribution in [-0.2, 0) is 28.4 Å². The molecule has 1 amide bonds. The van der Waals surface area contributed by atoms with Crippen LogP contribution < -0.4 is 16.6 Å². The van der Waals surface area contributed by atoms with Crippen LogP contribution in [0.3, 0.4) is 0 Å². The van der Waals surface area contributed by atoms with E-state index in [9.17, 15) is 4.79 Å². The van der Waals surface area contributed by atoms with Gasteiger partial charge in [0, 0.05) is 5.69 Å². The molecule has 2 aromatic carbocycles. The van der Waals surface area contributed by atoms with Crippen LogP contribution in [-0.4, -0.2) is 13.2 Å².